The zero-order valence-electron chi connectivity index (χ0n) is 11.6. The van der Waals surface area contributed by atoms with Crippen molar-refractivity contribution in [3.8, 4) is 0 Å². The minimum Gasteiger partial charge on any atom is -0.383 e. The van der Waals surface area contributed by atoms with Gasteiger partial charge in [-0.25, -0.2) is 4.98 Å². The highest BCUT2D eigenvalue weighted by molar-refractivity contribution is 5.41. The number of likely N-dealkylation sites (N-methyl/N-ethyl adjacent to an activating group) is 1. The van der Waals surface area contributed by atoms with Gasteiger partial charge in [-0.2, -0.15) is 0 Å². The summed E-state index contributed by atoms with van der Waals surface area (Å²) in [5.41, 5.74) is 9.64. The van der Waals surface area contributed by atoms with Gasteiger partial charge in [-0.3, -0.25) is 0 Å². The van der Waals surface area contributed by atoms with Crippen LogP contribution in [0.4, 0.5) is 5.82 Å². The minimum atomic E-state index is 0.210. The highest BCUT2D eigenvalue weighted by Crippen LogP contribution is 2.22. The predicted molar refractivity (Wildman–Crippen MR) is 80.0 cm³/mol. The van der Waals surface area contributed by atoms with Crippen molar-refractivity contribution in [2.45, 2.75) is 26.3 Å². The van der Waals surface area contributed by atoms with E-state index in [1.54, 1.807) is 6.20 Å². The first-order valence-corrected chi connectivity index (χ1v) is 6.70. The number of nitrogen functional groups attached to an aromatic ring is 1. The monoisotopic (exact) mass is 255 g/mol. The summed E-state index contributed by atoms with van der Waals surface area (Å²) in [4.78, 5) is 4.18. The topological polar surface area (TPSA) is 50.9 Å². The number of anilines is 1. The van der Waals surface area contributed by atoms with Crippen LogP contribution < -0.4 is 11.1 Å². The lowest BCUT2D eigenvalue weighted by molar-refractivity contribution is 0.550. The van der Waals surface area contributed by atoms with Crippen LogP contribution in [0.15, 0.2) is 42.6 Å². The van der Waals surface area contributed by atoms with Gasteiger partial charge in [0.05, 0.1) is 0 Å². The molecule has 1 aromatic heterocycles. The fourth-order valence-electron chi connectivity index (χ4n) is 2.22. The number of rotatable bonds is 5. The first kappa shape index (κ1) is 13.6. The molecule has 0 amide bonds. The Balaban J connectivity index is 2.21. The molecule has 2 aromatic rings. The Hall–Kier alpha value is -1.87. The van der Waals surface area contributed by atoms with Crippen molar-refractivity contribution in [2.75, 3.05) is 12.3 Å². The molecule has 0 aliphatic rings. The van der Waals surface area contributed by atoms with Crippen LogP contribution in [0.3, 0.4) is 0 Å². The molecule has 0 aliphatic carbocycles. The van der Waals surface area contributed by atoms with Gasteiger partial charge in [-0.05, 0) is 31.5 Å². The number of benzene rings is 1. The molecule has 3 N–H and O–H groups in total. The van der Waals surface area contributed by atoms with E-state index in [1.165, 1.54) is 11.1 Å². The molecule has 0 aliphatic heterocycles. The molecular formula is C16H21N3. The van der Waals surface area contributed by atoms with Crippen LogP contribution in [-0.2, 0) is 6.42 Å². The average molecular weight is 255 g/mol. The Morgan fingerprint density at radius 2 is 1.95 bits per heavy atom. The maximum Gasteiger partial charge on any atom is 0.128 e. The van der Waals surface area contributed by atoms with Crippen LogP contribution in [-0.4, -0.2) is 11.5 Å². The SMILES string of the molecule is CCNC(Cc1ccc(C)cc1)c1cccnc1N. The van der Waals surface area contributed by atoms with Crippen molar-refractivity contribution < 1.29 is 0 Å². The maximum absolute atomic E-state index is 5.98. The van der Waals surface area contributed by atoms with Crippen LogP contribution in [0.1, 0.15) is 29.7 Å². The van der Waals surface area contributed by atoms with E-state index >= 15 is 0 Å². The summed E-state index contributed by atoms with van der Waals surface area (Å²) >= 11 is 0. The van der Waals surface area contributed by atoms with Gasteiger partial charge in [-0.1, -0.05) is 42.8 Å². The zero-order valence-corrected chi connectivity index (χ0v) is 11.6. The number of nitrogens with two attached hydrogens (primary N) is 1. The smallest absolute Gasteiger partial charge is 0.128 e. The third-order valence-electron chi connectivity index (χ3n) is 3.26. The van der Waals surface area contributed by atoms with Crippen molar-refractivity contribution in [1.82, 2.24) is 10.3 Å². The minimum absolute atomic E-state index is 0.210. The van der Waals surface area contributed by atoms with Gasteiger partial charge in [0, 0.05) is 17.8 Å². The number of hydrogen-bond acceptors (Lipinski definition) is 3. The Kier molecular flexibility index (Phi) is 4.53. The van der Waals surface area contributed by atoms with Crippen molar-refractivity contribution in [2.24, 2.45) is 0 Å². The average Bonchev–Trinajstić information content (AvgIpc) is 2.41. The van der Waals surface area contributed by atoms with Gasteiger partial charge < -0.3 is 11.1 Å². The van der Waals surface area contributed by atoms with Gasteiger partial charge >= 0.3 is 0 Å². The molecule has 1 atom stereocenters. The maximum atomic E-state index is 5.98. The molecular weight excluding hydrogens is 234 g/mol. The van der Waals surface area contributed by atoms with Crippen molar-refractivity contribution in [3.63, 3.8) is 0 Å². The van der Waals surface area contributed by atoms with Crippen molar-refractivity contribution in [1.29, 1.82) is 0 Å². The highest BCUT2D eigenvalue weighted by Gasteiger charge is 2.14. The van der Waals surface area contributed by atoms with E-state index in [9.17, 15) is 0 Å². The fraction of sp³-hybridized carbons (Fsp3) is 0.312. The first-order valence-electron chi connectivity index (χ1n) is 6.70. The Morgan fingerprint density at radius 3 is 2.58 bits per heavy atom. The lowest BCUT2D eigenvalue weighted by Crippen LogP contribution is -2.24. The summed E-state index contributed by atoms with van der Waals surface area (Å²) in [6.45, 7) is 5.12. The van der Waals surface area contributed by atoms with Crippen LogP contribution in [0.2, 0.25) is 0 Å². The molecule has 0 radical (unpaired) electrons. The lowest BCUT2D eigenvalue weighted by Gasteiger charge is -2.19. The number of aromatic nitrogens is 1. The fourth-order valence-corrected chi connectivity index (χ4v) is 2.22. The number of pyridine rings is 1. The van der Waals surface area contributed by atoms with Crippen LogP contribution in [0.5, 0.6) is 0 Å². The summed E-state index contributed by atoms with van der Waals surface area (Å²) in [6.07, 6.45) is 2.65. The quantitative estimate of drug-likeness (QED) is 0.863. The predicted octanol–water partition coefficient (Wildman–Crippen LogP) is 2.87. The third-order valence-corrected chi connectivity index (χ3v) is 3.26. The Bertz CT molecular complexity index is 520. The Morgan fingerprint density at radius 1 is 1.21 bits per heavy atom. The van der Waals surface area contributed by atoms with Gasteiger partial charge in [0.2, 0.25) is 0 Å². The molecule has 2 rings (SSSR count). The molecule has 0 bridgehead atoms. The molecule has 0 saturated heterocycles. The normalized spacial score (nSPS) is 12.3. The van der Waals surface area contributed by atoms with Crippen LogP contribution in [0, 0.1) is 6.92 Å². The first-order chi connectivity index (χ1) is 9.20. The van der Waals surface area contributed by atoms with Crippen LogP contribution >= 0.6 is 0 Å². The molecule has 100 valence electrons. The van der Waals surface area contributed by atoms with Gasteiger partial charge in [0.1, 0.15) is 5.82 Å². The van der Waals surface area contributed by atoms with Gasteiger partial charge in [-0.15, -0.1) is 0 Å². The van der Waals surface area contributed by atoms with E-state index in [2.05, 4.69) is 48.4 Å². The molecule has 0 fully saturated rings. The number of aryl methyl sites for hydroxylation is 1. The van der Waals surface area contributed by atoms with Crippen molar-refractivity contribution in [3.05, 3.63) is 59.3 Å². The lowest BCUT2D eigenvalue weighted by atomic mass is 9.98. The molecule has 1 aromatic carbocycles. The zero-order chi connectivity index (χ0) is 13.7. The van der Waals surface area contributed by atoms with E-state index in [4.69, 9.17) is 5.73 Å². The highest BCUT2D eigenvalue weighted by atomic mass is 14.9. The number of nitrogens with one attached hydrogen (secondary N) is 1. The number of hydrogen-bond donors (Lipinski definition) is 2. The van der Waals surface area contributed by atoms with E-state index in [1.807, 2.05) is 12.1 Å². The van der Waals surface area contributed by atoms with E-state index < -0.39 is 0 Å². The summed E-state index contributed by atoms with van der Waals surface area (Å²) in [5.74, 6) is 0.612. The molecule has 1 unspecified atom stereocenters. The van der Waals surface area contributed by atoms with Crippen LogP contribution in [0.25, 0.3) is 0 Å². The van der Waals surface area contributed by atoms with E-state index in [0.29, 0.717) is 5.82 Å². The third kappa shape index (κ3) is 3.55. The summed E-state index contributed by atoms with van der Waals surface area (Å²) in [5, 5.41) is 3.48. The number of nitrogens with zero attached hydrogens (tertiary/aromatic N) is 1. The summed E-state index contributed by atoms with van der Waals surface area (Å²) in [6, 6.07) is 12.8. The van der Waals surface area contributed by atoms with Crippen molar-refractivity contribution >= 4 is 5.82 Å². The molecule has 0 spiro atoms. The summed E-state index contributed by atoms with van der Waals surface area (Å²) in [7, 11) is 0. The summed E-state index contributed by atoms with van der Waals surface area (Å²) < 4.78 is 0. The molecule has 3 heteroatoms. The largest absolute Gasteiger partial charge is 0.383 e. The van der Waals surface area contributed by atoms with Gasteiger partial charge in [0.25, 0.3) is 0 Å². The second-order valence-electron chi connectivity index (χ2n) is 4.78. The van der Waals surface area contributed by atoms with E-state index in [0.717, 1.165) is 18.5 Å². The molecule has 3 nitrogen and oxygen atoms in total. The second kappa shape index (κ2) is 6.34. The Labute approximate surface area is 114 Å². The molecule has 19 heavy (non-hydrogen) atoms. The van der Waals surface area contributed by atoms with Gasteiger partial charge in [0.15, 0.2) is 0 Å². The second-order valence-corrected chi connectivity index (χ2v) is 4.78. The molecule has 0 saturated carbocycles. The standard InChI is InChI=1S/C16H21N3/c1-3-18-15(14-5-4-10-19-16(14)17)11-13-8-6-12(2)7-9-13/h4-10,15,18H,3,11H2,1-2H3,(H2,17,19). The van der Waals surface area contributed by atoms with E-state index in [-0.39, 0.29) is 6.04 Å². The molecule has 1 heterocycles.